The first-order valence-corrected chi connectivity index (χ1v) is 5.11. The Balaban J connectivity index is 0.000000280. The molecule has 2 aliphatic rings. The van der Waals surface area contributed by atoms with Crippen LogP contribution in [0.4, 0.5) is 0 Å². The largest absolute Gasteiger partial charge is 0.305 e. The molecule has 0 saturated carbocycles. The topological polar surface area (TPSA) is 3.24 Å². The molecule has 0 aromatic rings. The molecule has 0 aliphatic heterocycles. The van der Waals surface area contributed by atoms with Crippen molar-refractivity contribution < 1.29 is 17.1 Å². The summed E-state index contributed by atoms with van der Waals surface area (Å²) in [5.41, 5.74) is 1.44. The third-order valence-corrected chi connectivity index (χ3v) is 2.00. The van der Waals surface area contributed by atoms with Gasteiger partial charge in [-0.25, -0.2) is 0 Å². The summed E-state index contributed by atoms with van der Waals surface area (Å²) in [5.74, 6) is 0. The minimum atomic E-state index is 0. The SMILES string of the molecule is C1=CCC=C1.CN(C)CC1=CCC=C1.[Fe]. The minimum absolute atomic E-state index is 0. The molecule has 1 nitrogen and oxygen atoms in total. The molecule has 0 bridgehead atoms. The van der Waals surface area contributed by atoms with Crippen molar-refractivity contribution >= 4 is 0 Å². The van der Waals surface area contributed by atoms with Crippen LogP contribution < -0.4 is 0 Å². The van der Waals surface area contributed by atoms with Crippen molar-refractivity contribution in [3.05, 3.63) is 48.1 Å². The quantitative estimate of drug-likeness (QED) is 0.676. The Morgan fingerprint density at radius 1 is 1.07 bits per heavy atom. The van der Waals surface area contributed by atoms with Gasteiger partial charge in [-0.3, -0.25) is 0 Å². The molecule has 2 aliphatic carbocycles. The van der Waals surface area contributed by atoms with E-state index in [0.717, 1.165) is 19.4 Å². The normalized spacial score (nSPS) is 16.1. The van der Waals surface area contributed by atoms with Crippen LogP contribution in [0, 0.1) is 0 Å². The average molecular weight is 245 g/mol. The number of rotatable bonds is 2. The summed E-state index contributed by atoms with van der Waals surface area (Å²) >= 11 is 0. The number of nitrogens with zero attached hydrogens (tertiary/aromatic N) is 1. The van der Waals surface area contributed by atoms with Crippen molar-refractivity contribution in [3.8, 4) is 0 Å². The van der Waals surface area contributed by atoms with Gasteiger partial charge in [-0.1, -0.05) is 42.5 Å². The predicted molar refractivity (Wildman–Crippen MR) is 63.3 cm³/mol. The molecule has 15 heavy (non-hydrogen) atoms. The summed E-state index contributed by atoms with van der Waals surface area (Å²) in [6.45, 7) is 1.08. The van der Waals surface area contributed by atoms with Crippen LogP contribution in [0.5, 0.6) is 0 Å². The van der Waals surface area contributed by atoms with Gasteiger partial charge < -0.3 is 4.90 Å². The summed E-state index contributed by atoms with van der Waals surface area (Å²) in [5, 5.41) is 0. The van der Waals surface area contributed by atoms with E-state index in [1.165, 1.54) is 5.57 Å². The monoisotopic (exact) mass is 245 g/mol. The molecule has 0 amide bonds. The number of hydrogen-bond donors (Lipinski definition) is 0. The first-order valence-electron chi connectivity index (χ1n) is 5.11. The summed E-state index contributed by atoms with van der Waals surface area (Å²) in [6, 6.07) is 0. The minimum Gasteiger partial charge on any atom is -0.305 e. The summed E-state index contributed by atoms with van der Waals surface area (Å²) in [6.07, 6.45) is 17.3. The van der Waals surface area contributed by atoms with E-state index in [4.69, 9.17) is 0 Å². The zero-order valence-electron chi connectivity index (χ0n) is 9.46. The van der Waals surface area contributed by atoms with Gasteiger partial charge in [0.2, 0.25) is 0 Å². The van der Waals surface area contributed by atoms with Crippen molar-refractivity contribution in [2.75, 3.05) is 20.6 Å². The molecule has 0 saturated heterocycles. The fraction of sp³-hybridized carbons (Fsp3) is 0.385. The summed E-state index contributed by atoms with van der Waals surface area (Å²) in [4.78, 5) is 2.18. The predicted octanol–water partition coefficient (Wildman–Crippen LogP) is 2.93. The van der Waals surface area contributed by atoms with Crippen LogP contribution in [-0.2, 0) is 17.1 Å². The molecule has 2 rings (SSSR count). The van der Waals surface area contributed by atoms with Crippen LogP contribution in [0.15, 0.2) is 48.1 Å². The van der Waals surface area contributed by atoms with E-state index >= 15 is 0 Å². The average Bonchev–Trinajstić information content (AvgIpc) is 2.75. The van der Waals surface area contributed by atoms with E-state index in [0.29, 0.717) is 0 Å². The fourth-order valence-corrected chi connectivity index (χ4v) is 1.38. The van der Waals surface area contributed by atoms with Gasteiger partial charge in [0, 0.05) is 23.6 Å². The van der Waals surface area contributed by atoms with Gasteiger partial charge in [0.05, 0.1) is 0 Å². The maximum absolute atomic E-state index is 2.26. The Kier molecular flexibility index (Phi) is 8.40. The Bertz CT molecular complexity index is 262. The molecule has 0 atom stereocenters. The summed E-state index contributed by atoms with van der Waals surface area (Å²) in [7, 11) is 4.18. The zero-order valence-corrected chi connectivity index (χ0v) is 10.6. The molecular formula is C13H19FeN. The van der Waals surface area contributed by atoms with Gasteiger partial charge >= 0.3 is 0 Å². The van der Waals surface area contributed by atoms with E-state index < -0.39 is 0 Å². The van der Waals surface area contributed by atoms with Gasteiger partial charge in [-0.2, -0.15) is 0 Å². The second kappa shape index (κ2) is 8.72. The molecule has 0 unspecified atom stereocenters. The van der Waals surface area contributed by atoms with Crippen molar-refractivity contribution in [2.45, 2.75) is 12.8 Å². The molecular weight excluding hydrogens is 226 g/mol. The summed E-state index contributed by atoms with van der Waals surface area (Å²) < 4.78 is 0. The van der Waals surface area contributed by atoms with Gasteiger partial charge in [0.15, 0.2) is 0 Å². The first kappa shape index (κ1) is 14.4. The number of hydrogen-bond acceptors (Lipinski definition) is 1. The van der Waals surface area contributed by atoms with Crippen molar-refractivity contribution in [1.29, 1.82) is 0 Å². The van der Waals surface area contributed by atoms with E-state index in [1.54, 1.807) is 0 Å². The second-order valence-corrected chi connectivity index (χ2v) is 3.75. The van der Waals surface area contributed by atoms with Crippen LogP contribution in [0.1, 0.15) is 12.8 Å². The Labute approximate surface area is 104 Å². The van der Waals surface area contributed by atoms with Crippen molar-refractivity contribution in [2.24, 2.45) is 0 Å². The Hall–Kier alpha value is -0.561. The molecule has 0 fully saturated rings. The van der Waals surface area contributed by atoms with Crippen LogP contribution in [0.3, 0.4) is 0 Å². The number of likely N-dealkylation sites (N-methyl/N-ethyl adjacent to an activating group) is 1. The third-order valence-electron chi connectivity index (χ3n) is 2.00. The van der Waals surface area contributed by atoms with Crippen molar-refractivity contribution in [3.63, 3.8) is 0 Å². The van der Waals surface area contributed by atoms with E-state index in [1.807, 2.05) is 0 Å². The van der Waals surface area contributed by atoms with Gasteiger partial charge in [0.1, 0.15) is 0 Å². The molecule has 84 valence electrons. The third kappa shape index (κ3) is 7.38. The molecule has 0 N–H and O–H groups in total. The molecule has 0 spiro atoms. The van der Waals surface area contributed by atoms with Gasteiger partial charge in [-0.05, 0) is 32.5 Å². The van der Waals surface area contributed by atoms with E-state index in [9.17, 15) is 0 Å². The fourth-order valence-electron chi connectivity index (χ4n) is 1.38. The van der Waals surface area contributed by atoms with Crippen molar-refractivity contribution in [1.82, 2.24) is 4.90 Å². The molecule has 0 radical (unpaired) electrons. The van der Waals surface area contributed by atoms with Crippen LogP contribution in [0.2, 0.25) is 0 Å². The Morgan fingerprint density at radius 3 is 2.07 bits per heavy atom. The number of allylic oxidation sites excluding steroid dienone is 6. The second-order valence-electron chi connectivity index (χ2n) is 3.75. The van der Waals surface area contributed by atoms with Gasteiger partial charge in [0.25, 0.3) is 0 Å². The van der Waals surface area contributed by atoms with Crippen LogP contribution in [-0.4, -0.2) is 25.5 Å². The molecule has 0 aromatic carbocycles. The molecule has 2 heteroatoms. The molecule has 0 aromatic heterocycles. The van der Waals surface area contributed by atoms with E-state index in [-0.39, 0.29) is 17.1 Å². The van der Waals surface area contributed by atoms with Crippen LogP contribution >= 0.6 is 0 Å². The van der Waals surface area contributed by atoms with Crippen LogP contribution in [0.25, 0.3) is 0 Å². The van der Waals surface area contributed by atoms with Gasteiger partial charge in [-0.15, -0.1) is 0 Å². The van der Waals surface area contributed by atoms with E-state index in [2.05, 4.69) is 61.5 Å². The smallest absolute Gasteiger partial charge is 0.0224 e. The molecule has 0 heterocycles. The maximum Gasteiger partial charge on any atom is 0.0224 e. The Morgan fingerprint density at radius 2 is 1.73 bits per heavy atom. The maximum atomic E-state index is 2.26. The standard InChI is InChI=1S/C8H13N.C5H6.Fe/c1-9(2)7-8-5-3-4-6-8;1-2-4-5-3-1;/h3,5-6H,4,7H2,1-2H3;1-4H,5H2;. The zero-order chi connectivity index (χ0) is 10.2. The first-order chi connectivity index (χ1) is 6.79.